The highest BCUT2D eigenvalue weighted by Gasteiger charge is 2.14. The molecule has 3 rings (SSSR count). The van der Waals surface area contributed by atoms with E-state index in [2.05, 4.69) is 50.6 Å². The summed E-state index contributed by atoms with van der Waals surface area (Å²) in [6.45, 7) is 0. The minimum absolute atomic E-state index is 0.120. The van der Waals surface area contributed by atoms with Gasteiger partial charge in [0, 0.05) is 24.2 Å². The predicted octanol–water partition coefficient (Wildman–Crippen LogP) is 2.81. The summed E-state index contributed by atoms with van der Waals surface area (Å²) in [5.41, 5.74) is 5.16. The first-order valence-electron chi connectivity index (χ1n) is 5.37. The summed E-state index contributed by atoms with van der Waals surface area (Å²) in [4.78, 5) is 5.61. The van der Waals surface area contributed by atoms with Crippen molar-refractivity contribution < 1.29 is 0 Å². The van der Waals surface area contributed by atoms with Crippen LogP contribution in [-0.2, 0) is 6.42 Å². The lowest BCUT2D eigenvalue weighted by molar-refractivity contribution is 0.548. The summed E-state index contributed by atoms with van der Waals surface area (Å²) in [5, 5.41) is 4.18. The third kappa shape index (κ3) is 2.45. The van der Waals surface area contributed by atoms with Gasteiger partial charge in [-0.05, 0) is 39.6 Å². The Balaban J connectivity index is 1.83. The molecular weight excluding hydrogens is 379 g/mol. The number of halogens is 1. The van der Waals surface area contributed by atoms with Gasteiger partial charge in [0.1, 0.15) is 0 Å². The van der Waals surface area contributed by atoms with Crippen LogP contribution >= 0.6 is 45.3 Å². The average molecular weight is 390 g/mol. The maximum absolute atomic E-state index is 5.65. The largest absolute Gasteiger partial charge is 0.297 e. The van der Waals surface area contributed by atoms with E-state index < -0.39 is 0 Å². The van der Waals surface area contributed by atoms with Crippen LogP contribution in [-0.4, -0.2) is 9.38 Å². The minimum atomic E-state index is 0.120. The van der Waals surface area contributed by atoms with Crippen LogP contribution in [0.5, 0.6) is 0 Å². The number of hydrazine groups is 1. The van der Waals surface area contributed by atoms with Gasteiger partial charge in [0.2, 0.25) is 0 Å². The smallest absolute Gasteiger partial charge is 0.193 e. The fourth-order valence-corrected chi connectivity index (χ4v) is 4.01. The molecule has 3 aromatic heterocycles. The summed E-state index contributed by atoms with van der Waals surface area (Å²) in [6, 6.07) is 2.28. The maximum atomic E-state index is 5.65. The van der Waals surface area contributed by atoms with Crippen LogP contribution < -0.4 is 11.3 Å². The SMILES string of the molecule is NNC(Cc1cn2ccsc2n1)c1csc(I)c1. The molecule has 1 atom stereocenters. The topological polar surface area (TPSA) is 55.3 Å². The van der Waals surface area contributed by atoms with Gasteiger partial charge in [-0.15, -0.1) is 22.7 Å². The molecule has 0 radical (unpaired) electrons. The number of hydrogen-bond donors (Lipinski definition) is 2. The van der Waals surface area contributed by atoms with Gasteiger partial charge in [0.25, 0.3) is 0 Å². The van der Waals surface area contributed by atoms with E-state index in [0.717, 1.165) is 17.1 Å². The lowest BCUT2D eigenvalue weighted by atomic mass is 10.1. The van der Waals surface area contributed by atoms with Crippen molar-refractivity contribution in [1.29, 1.82) is 0 Å². The highest BCUT2D eigenvalue weighted by Crippen LogP contribution is 2.24. The second-order valence-electron chi connectivity index (χ2n) is 3.93. The molecule has 7 heteroatoms. The summed E-state index contributed by atoms with van der Waals surface area (Å²) in [5.74, 6) is 5.65. The van der Waals surface area contributed by atoms with E-state index >= 15 is 0 Å². The van der Waals surface area contributed by atoms with Gasteiger partial charge in [-0.1, -0.05) is 0 Å². The zero-order valence-corrected chi connectivity index (χ0v) is 13.1. The van der Waals surface area contributed by atoms with Crippen molar-refractivity contribution in [3.63, 3.8) is 0 Å². The molecule has 94 valence electrons. The van der Waals surface area contributed by atoms with Crippen LogP contribution in [0.4, 0.5) is 0 Å². The number of fused-ring (bicyclic) bond motifs is 1. The summed E-state index contributed by atoms with van der Waals surface area (Å²) >= 11 is 5.70. The Morgan fingerprint density at radius 3 is 3.06 bits per heavy atom. The molecule has 0 aliphatic heterocycles. The number of nitrogens with two attached hydrogens (primary N) is 1. The fourth-order valence-electron chi connectivity index (χ4n) is 1.86. The van der Waals surface area contributed by atoms with Crippen molar-refractivity contribution >= 4 is 50.2 Å². The second-order valence-corrected chi connectivity index (χ2v) is 7.61. The molecule has 0 bridgehead atoms. The van der Waals surface area contributed by atoms with E-state index in [9.17, 15) is 0 Å². The fraction of sp³-hybridized carbons (Fsp3) is 0.182. The van der Waals surface area contributed by atoms with E-state index in [0.29, 0.717) is 0 Å². The first kappa shape index (κ1) is 12.5. The predicted molar refractivity (Wildman–Crippen MR) is 83.9 cm³/mol. The minimum Gasteiger partial charge on any atom is -0.297 e. The Morgan fingerprint density at radius 1 is 1.50 bits per heavy atom. The number of thiophene rings is 1. The molecule has 3 aromatic rings. The van der Waals surface area contributed by atoms with E-state index in [-0.39, 0.29) is 6.04 Å². The normalized spacial score (nSPS) is 13.2. The third-order valence-corrected chi connectivity index (χ3v) is 5.33. The van der Waals surface area contributed by atoms with Gasteiger partial charge >= 0.3 is 0 Å². The molecule has 3 heterocycles. The van der Waals surface area contributed by atoms with Gasteiger partial charge < -0.3 is 0 Å². The van der Waals surface area contributed by atoms with E-state index in [1.165, 1.54) is 8.45 Å². The Morgan fingerprint density at radius 2 is 2.39 bits per heavy atom. The number of nitrogens with zero attached hydrogens (tertiary/aromatic N) is 2. The van der Waals surface area contributed by atoms with Crippen molar-refractivity contribution in [2.24, 2.45) is 5.84 Å². The highest BCUT2D eigenvalue weighted by molar-refractivity contribution is 14.1. The van der Waals surface area contributed by atoms with Gasteiger partial charge in [0.15, 0.2) is 4.96 Å². The monoisotopic (exact) mass is 390 g/mol. The Hall–Kier alpha value is -0.480. The molecule has 0 saturated heterocycles. The molecule has 18 heavy (non-hydrogen) atoms. The Bertz CT molecular complexity index is 628. The molecule has 0 saturated carbocycles. The van der Waals surface area contributed by atoms with Crippen molar-refractivity contribution in [3.8, 4) is 0 Å². The first-order valence-corrected chi connectivity index (χ1v) is 8.21. The number of imidazole rings is 1. The average Bonchev–Trinajstić information content (AvgIpc) is 3.00. The molecule has 4 nitrogen and oxygen atoms in total. The van der Waals surface area contributed by atoms with Crippen LogP contribution in [0.3, 0.4) is 0 Å². The van der Waals surface area contributed by atoms with Crippen molar-refractivity contribution in [1.82, 2.24) is 14.8 Å². The van der Waals surface area contributed by atoms with Gasteiger partial charge in [-0.2, -0.15) is 0 Å². The van der Waals surface area contributed by atoms with Gasteiger partial charge in [0.05, 0.1) is 14.6 Å². The number of aromatic nitrogens is 2. The Kier molecular flexibility index (Phi) is 3.66. The lowest BCUT2D eigenvalue weighted by Gasteiger charge is -2.12. The van der Waals surface area contributed by atoms with Crippen LogP contribution in [0.1, 0.15) is 17.3 Å². The number of hydrogen-bond acceptors (Lipinski definition) is 5. The van der Waals surface area contributed by atoms with Crippen molar-refractivity contribution in [3.05, 3.63) is 43.4 Å². The quantitative estimate of drug-likeness (QED) is 0.409. The molecule has 0 aliphatic rings. The van der Waals surface area contributed by atoms with E-state index in [4.69, 9.17) is 5.84 Å². The molecular formula is C11H11IN4S2. The molecule has 0 fully saturated rings. The number of nitrogens with one attached hydrogen (secondary N) is 1. The molecule has 1 unspecified atom stereocenters. The first-order chi connectivity index (χ1) is 8.76. The van der Waals surface area contributed by atoms with Gasteiger partial charge in [-0.25, -0.2) is 4.98 Å². The zero-order valence-electron chi connectivity index (χ0n) is 9.34. The molecule has 0 aromatic carbocycles. The number of rotatable bonds is 4. The van der Waals surface area contributed by atoms with E-state index in [1.54, 1.807) is 22.7 Å². The standard InChI is InChI=1S/C11H11IN4S2/c12-10-3-7(6-18-10)9(15-13)4-8-5-16-1-2-17-11(16)14-8/h1-3,5-6,9,15H,4,13H2. The van der Waals surface area contributed by atoms with Crippen LogP contribution in [0, 0.1) is 2.88 Å². The summed E-state index contributed by atoms with van der Waals surface area (Å²) in [7, 11) is 0. The summed E-state index contributed by atoms with van der Waals surface area (Å²) < 4.78 is 3.32. The maximum Gasteiger partial charge on any atom is 0.193 e. The molecule has 3 N–H and O–H groups in total. The molecule has 0 amide bonds. The highest BCUT2D eigenvalue weighted by atomic mass is 127. The van der Waals surface area contributed by atoms with Crippen molar-refractivity contribution in [2.45, 2.75) is 12.5 Å². The van der Waals surface area contributed by atoms with Crippen LogP contribution in [0.2, 0.25) is 0 Å². The number of thiazole rings is 1. The summed E-state index contributed by atoms with van der Waals surface area (Å²) in [6.07, 6.45) is 4.89. The third-order valence-electron chi connectivity index (χ3n) is 2.75. The molecule has 0 spiro atoms. The second kappa shape index (κ2) is 5.25. The van der Waals surface area contributed by atoms with Crippen LogP contribution in [0.25, 0.3) is 4.96 Å². The van der Waals surface area contributed by atoms with Crippen LogP contribution in [0.15, 0.2) is 29.2 Å². The Labute approximate surface area is 126 Å². The van der Waals surface area contributed by atoms with E-state index in [1.807, 2.05) is 16.0 Å². The molecule has 0 aliphatic carbocycles. The zero-order chi connectivity index (χ0) is 12.5. The lowest BCUT2D eigenvalue weighted by Crippen LogP contribution is -2.29. The van der Waals surface area contributed by atoms with Crippen molar-refractivity contribution in [2.75, 3.05) is 0 Å². The van der Waals surface area contributed by atoms with Gasteiger partial charge in [-0.3, -0.25) is 15.7 Å².